The Kier molecular flexibility index (Phi) is 3.39. The average molecular weight is 360 g/mol. The standard InChI is InChI=1S/C26H20N2/c1-2-6-18(7-3-1)19-11-10-17-12-20-15-23-22-8-4-5-9-24(22)28-26(23)16-25(20)27-21(13-17)14-19/h1-11,14-17,28H,12-13H2. The zero-order chi connectivity index (χ0) is 18.5. The van der Waals surface area contributed by atoms with Crippen molar-refractivity contribution in [3.8, 4) is 0 Å². The van der Waals surface area contributed by atoms with Gasteiger partial charge in [-0.25, -0.2) is 0 Å². The minimum absolute atomic E-state index is 0.486. The van der Waals surface area contributed by atoms with E-state index >= 15 is 0 Å². The number of H-pyrrole nitrogens is 1. The van der Waals surface area contributed by atoms with E-state index in [9.17, 15) is 0 Å². The second kappa shape index (κ2) is 6.07. The first-order valence-corrected chi connectivity index (χ1v) is 9.90. The fraction of sp³-hybridized carbons (Fsp3) is 0.115. The molecule has 0 saturated carbocycles. The summed E-state index contributed by atoms with van der Waals surface area (Å²) in [4.78, 5) is 8.65. The van der Waals surface area contributed by atoms with Crippen LogP contribution in [0.5, 0.6) is 0 Å². The van der Waals surface area contributed by atoms with Crippen LogP contribution < -0.4 is 0 Å². The molecule has 1 N–H and O–H groups in total. The van der Waals surface area contributed by atoms with Gasteiger partial charge in [-0.2, -0.15) is 0 Å². The van der Waals surface area contributed by atoms with Crippen molar-refractivity contribution in [2.75, 3.05) is 0 Å². The molecule has 1 aliphatic heterocycles. The first-order chi connectivity index (χ1) is 13.8. The van der Waals surface area contributed by atoms with E-state index in [4.69, 9.17) is 4.99 Å². The van der Waals surface area contributed by atoms with Crippen molar-refractivity contribution in [1.82, 2.24) is 4.98 Å². The van der Waals surface area contributed by atoms with Gasteiger partial charge in [-0.1, -0.05) is 60.7 Å². The molecule has 2 heterocycles. The quantitative estimate of drug-likeness (QED) is 0.396. The van der Waals surface area contributed by atoms with Crippen molar-refractivity contribution in [2.24, 2.45) is 10.9 Å². The molecule has 1 aliphatic carbocycles. The number of nitrogens with zero attached hydrogens (tertiary/aromatic N) is 1. The van der Waals surface area contributed by atoms with Crippen molar-refractivity contribution in [2.45, 2.75) is 12.8 Å². The third kappa shape index (κ3) is 2.53. The number of benzene rings is 3. The molecule has 0 amide bonds. The van der Waals surface area contributed by atoms with Crippen LogP contribution >= 0.6 is 0 Å². The third-order valence-electron chi connectivity index (χ3n) is 5.90. The average Bonchev–Trinajstić information content (AvgIpc) is 2.86. The van der Waals surface area contributed by atoms with Gasteiger partial charge in [0.15, 0.2) is 0 Å². The number of aromatic nitrogens is 1. The molecule has 1 aromatic heterocycles. The number of hydrogen-bond acceptors (Lipinski definition) is 1. The van der Waals surface area contributed by atoms with Crippen LogP contribution in [0.1, 0.15) is 17.5 Å². The van der Waals surface area contributed by atoms with Crippen LogP contribution in [-0.4, -0.2) is 10.7 Å². The van der Waals surface area contributed by atoms with Crippen molar-refractivity contribution in [1.29, 1.82) is 0 Å². The van der Waals surface area contributed by atoms with Gasteiger partial charge >= 0.3 is 0 Å². The lowest BCUT2D eigenvalue weighted by molar-refractivity contribution is 0.687. The van der Waals surface area contributed by atoms with E-state index in [0.29, 0.717) is 5.92 Å². The Morgan fingerprint density at radius 3 is 2.61 bits per heavy atom. The number of nitrogens with one attached hydrogen (secondary N) is 1. The Morgan fingerprint density at radius 2 is 1.68 bits per heavy atom. The van der Waals surface area contributed by atoms with Gasteiger partial charge in [0.05, 0.1) is 5.69 Å². The summed E-state index contributed by atoms with van der Waals surface area (Å²) in [5.74, 6) is 0.486. The topological polar surface area (TPSA) is 28.1 Å². The van der Waals surface area contributed by atoms with Gasteiger partial charge in [-0.15, -0.1) is 0 Å². The second-order valence-corrected chi connectivity index (χ2v) is 7.79. The molecule has 28 heavy (non-hydrogen) atoms. The summed E-state index contributed by atoms with van der Waals surface area (Å²) in [6.07, 6.45) is 8.93. The predicted molar refractivity (Wildman–Crippen MR) is 118 cm³/mol. The van der Waals surface area contributed by atoms with E-state index in [1.54, 1.807) is 0 Å². The van der Waals surface area contributed by atoms with E-state index < -0.39 is 0 Å². The normalized spacial score (nSPS) is 18.4. The van der Waals surface area contributed by atoms with Crippen molar-refractivity contribution < 1.29 is 0 Å². The molecule has 0 radical (unpaired) electrons. The molecule has 4 aromatic rings. The summed E-state index contributed by atoms with van der Waals surface area (Å²) in [5.41, 5.74) is 8.48. The number of hydrogen-bond donors (Lipinski definition) is 1. The van der Waals surface area contributed by atoms with Crippen LogP contribution in [0.15, 0.2) is 90.0 Å². The number of aromatic amines is 1. The van der Waals surface area contributed by atoms with E-state index in [1.165, 1.54) is 44.2 Å². The molecule has 0 saturated heterocycles. The highest BCUT2D eigenvalue weighted by molar-refractivity contribution is 6.09. The van der Waals surface area contributed by atoms with E-state index in [2.05, 4.69) is 89.9 Å². The molecular weight excluding hydrogens is 340 g/mol. The zero-order valence-corrected chi connectivity index (χ0v) is 15.5. The van der Waals surface area contributed by atoms with Crippen molar-refractivity contribution in [3.63, 3.8) is 0 Å². The van der Waals surface area contributed by atoms with E-state index in [1.807, 2.05) is 0 Å². The maximum absolute atomic E-state index is 5.10. The fourth-order valence-corrected chi connectivity index (χ4v) is 4.53. The third-order valence-corrected chi connectivity index (χ3v) is 5.90. The molecule has 6 rings (SSSR count). The summed E-state index contributed by atoms with van der Waals surface area (Å²) in [7, 11) is 0. The van der Waals surface area contributed by atoms with Gasteiger partial charge in [-0.05, 0) is 59.7 Å². The minimum atomic E-state index is 0.486. The maximum atomic E-state index is 5.10. The lowest BCUT2D eigenvalue weighted by Crippen LogP contribution is -2.03. The number of para-hydroxylation sites is 1. The monoisotopic (exact) mass is 360 g/mol. The Morgan fingerprint density at radius 1 is 0.821 bits per heavy atom. The first kappa shape index (κ1) is 15.6. The van der Waals surface area contributed by atoms with Crippen LogP contribution in [0, 0.1) is 5.92 Å². The number of fused-ring (bicyclic) bond motifs is 6. The van der Waals surface area contributed by atoms with Gasteiger partial charge in [0, 0.05) is 27.5 Å². The Labute approximate surface area is 163 Å². The Hall–Kier alpha value is -3.39. The van der Waals surface area contributed by atoms with Gasteiger partial charge in [0.2, 0.25) is 0 Å². The van der Waals surface area contributed by atoms with E-state index in [-0.39, 0.29) is 0 Å². The summed E-state index contributed by atoms with van der Waals surface area (Å²) < 4.78 is 0. The molecule has 2 bridgehead atoms. The SMILES string of the molecule is C1=CC2CC(=Nc3cc4[nH]c5ccccc5c4cc3C2)C=C1c1ccccc1. The lowest BCUT2D eigenvalue weighted by atomic mass is 9.94. The molecular formula is C26H20N2. The fourth-order valence-electron chi connectivity index (χ4n) is 4.53. The highest BCUT2D eigenvalue weighted by Gasteiger charge is 2.20. The molecule has 0 fully saturated rings. The number of aliphatic imine (C=N–C) groups is 1. The molecule has 2 aliphatic rings. The van der Waals surface area contributed by atoms with Crippen molar-refractivity contribution in [3.05, 3.63) is 96.1 Å². The molecule has 134 valence electrons. The molecule has 3 aromatic carbocycles. The van der Waals surface area contributed by atoms with Crippen LogP contribution in [-0.2, 0) is 6.42 Å². The van der Waals surface area contributed by atoms with Gasteiger partial charge in [0.1, 0.15) is 0 Å². The molecule has 1 unspecified atom stereocenters. The summed E-state index contributed by atoms with van der Waals surface area (Å²) >= 11 is 0. The second-order valence-electron chi connectivity index (χ2n) is 7.79. The highest BCUT2D eigenvalue weighted by atomic mass is 14.8. The Balaban J connectivity index is 1.53. The van der Waals surface area contributed by atoms with Gasteiger partial charge < -0.3 is 4.98 Å². The largest absolute Gasteiger partial charge is 0.354 e. The van der Waals surface area contributed by atoms with Crippen LogP contribution in [0.2, 0.25) is 0 Å². The maximum Gasteiger partial charge on any atom is 0.0686 e. The number of allylic oxidation sites excluding steroid dienone is 4. The first-order valence-electron chi connectivity index (χ1n) is 9.90. The van der Waals surface area contributed by atoms with Gasteiger partial charge in [-0.3, -0.25) is 4.99 Å². The predicted octanol–water partition coefficient (Wildman–Crippen LogP) is 6.61. The highest BCUT2D eigenvalue weighted by Crippen LogP contribution is 2.37. The summed E-state index contributed by atoms with van der Waals surface area (Å²) in [5, 5.41) is 2.59. The molecule has 0 spiro atoms. The van der Waals surface area contributed by atoms with Gasteiger partial charge in [0.25, 0.3) is 0 Å². The molecule has 1 atom stereocenters. The lowest BCUT2D eigenvalue weighted by Gasteiger charge is -2.09. The van der Waals surface area contributed by atoms with E-state index in [0.717, 1.165) is 18.5 Å². The summed E-state index contributed by atoms with van der Waals surface area (Å²) in [6.45, 7) is 0. The van der Waals surface area contributed by atoms with Crippen molar-refractivity contribution >= 4 is 38.8 Å². The van der Waals surface area contributed by atoms with Crippen LogP contribution in [0.25, 0.3) is 27.4 Å². The molecule has 2 nitrogen and oxygen atoms in total. The zero-order valence-electron chi connectivity index (χ0n) is 15.5. The van der Waals surface area contributed by atoms with Crippen LogP contribution in [0.3, 0.4) is 0 Å². The minimum Gasteiger partial charge on any atom is -0.354 e. The summed E-state index contributed by atoms with van der Waals surface area (Å²) in [6, 6.07) is 23.7. The molecule has 2 heteroatoms. The number of rotatable bonds is 1. The van der Waals surface area contributed by atoms with Crippen LogP contribution in [0.4, 0.5) is 5.69 Å². The smallest absolute Gasteiger partial charge is 0.0686 e. The Bertz CT molecular complexity index is 1300.